The summed E-state index contributed by atoms with van der Waals surface area (Å²) in [6.07, 6.45) is 5.40. The molecule has 3 heteroatoms. The van der Waals surface area contributed by atoms with Crippen molar-refractivity contribution in [1.82, 2.24) is 5.32 Å². The molecule has 0 heterocycles. The topological polar surface area (TPSA) is 49.3 Å². The molecule has 80 valence electrons. The molecule has 0 radical (unpaired) electrons. The molecule has 4 atom stereocenters. The summed E-state index contributed by atoms with van der Waals surface area (Å²) in [4.78, 5) is 10.9. The number of rotatable bonds is 1. The summed E-state index contributed by atoms with van der Waals surface area (Å²) < 4.78 is 0. The van der Waals surface area contributed by atoms with Crippen LogP contribution in [0.3, 0.4) is 0 Å². The second-order valence-corrected chi connectivity index (χ2v) is 4.80. The summed E-state index contributed by atoms with van der Waals surface area (Å²) in [6.45, 7) is 1.52. The maximum atomic E-state index is 10.9. The fraction of sp³-hybridized carbons (Fsp3) is 0.909. The van der Waals surface area contributed by atoms with Gasteiger partial charge in [-0.1, -0.05) is 19.3 Å². The number of nitrogens with one attached hydrogen (secondary N) is 1. The van der Waals surface area contributed by atoms with E-state index in [2.05, 4.69) is 5.32 Å². The molecule has 4 unspecified atom stereocenters. The van der Waals surface area contributed by atoms with E-state index in [-0.39, 0.29) is 18.1 Å². The third-order valence-corrected chi connectivity index (χ3v) is 3.77. The fourth-order valence-corrected chi connectivity index (χ4v) is 3.11. The quantitative estimate of drug-likeness (QED) is 0.660. The van der Waals surface area contributed by atoms with Crippen molar-refractivity contribution < 1.29 is 9.90 Å². The Morgan fingerprint density at radius 1 is 1.29 bits per heavy atom. The van der Waals surface area contributed by atoms with Crippen molar-refractivity contribution in [2.24, 2.45) is 11.8 Å². The predicted molar refractivity (Wildman–Crippen MR) is 53.7 cm³/mol. The van der Waals surface area contributed by atoms with E-state index >= 15 is 0 Å². The second kappa shape index (κ2) is 3.89. The van der Waals surface area contributed by atoms with E-state index in [0.717, 1.165) is 24.7 Å². The Morgan fingerprint density at radius 3 is 2.57 bits per heavy atom. The van der Waals surface area contributed by atoms with Gasteiger partial charge in [-0.2, -0.15) is 0 Å². The summed E-state index contributed by atoms with van der Waals surface area (Å²) in [5.41, 5.74) is 0. The van der Waals surface area contributed by atoms with Crippen LogP contribution >= 0.6 is 0 Å². The lowest BCUT2D eigenvalue weighted by molar-refractivity contribution is -0.121. The van der Waals surface area contributed by atoms with Gasteiger partial charge in [0.15, 0.2) is 0 Å². The molecule has 1 amide bonds. The highest BCUT2D eigenvalue weighted by atomic mass is 16.3. The Hall–Kier alpha value is -0.570. The third-order valence-electron chi connectivity index (χ3n) is 3.77. The number of amides is 1. The lowest BCUT2D eigenvalue weighted by Crippen LogP contribution is -2.48. The van der Waals surface area contributed by atoms with Gasteiger partial charge in [-0.3, -0.25) is 4.79 Å². The van der Waals surface area contributed by atoms with Gasteiger partial charge in [0.05, 0.1) is 12.1 Å². The van der Waals surface area contributed by atoms with E-state index in [4.69, 9.17) is 0 Å². The molecule has 0 aromatic heterocycles. The normalized spacial score (nSPS) is 41.9. The van der Waals surface area contributed by atoms with Crippen molar-refractivity contribution in [1.29, 1.82) is 0 Å². The number of carbonyl (C=O) groups is 1. The Labute approximate surface area is 84.9 Å². The van der Waals surface area contributed by atoms with E-state index in [9.17, 15) is 9.90 Å². The minimum Gasteiger partial charge on any atom is -0.391 e. The molecule has 0 aromatic rings. The van der Waals surface area contributed by atoms with Crippen LogP contribution in [-0.2, 0) is 4.79 Å². The summed E-state index contributed by atoms with van der Waals surface area (Å²) in [7, 11) is 0. The van der Waals surface area contributed by atoms with Gasteiger partial charge in [0, 0.05) is 6.92 Å². The molecule has 2 aliphatic carbocycles. The molecular weight excluding hydrogens is 178 g/mol. The Morgan fingerprint density at radius 2 is 1.93 bits per heavy atom. The number of fused-ring (bicyclic) bond motifs is 1. The SMILES string of the molecule is CC(=O)NC1CC2CCCC2CC1O. The molecule has 2 saturated carbocycles. The zero-order chi connectivity index (χ0) is 10.1. The highest BCUT2D eigenvalue weighted by molar-refractivity contribution is 5.73. The summed E-state index contributed by atoms with van der Waals surface area (Å²) in [5.74, 6) is 1.44. The average Bonchev–Trinajstić information content (AvgIpc) is 2.51. The highest BCUT2D eigenvalue weighted by Gasteiger charge is 2.38. The molecule has 14 heavy (non-hydrogen) atoms. The molecule has 0 spiro atoms. The molecule has 3 nitrogen and oxygen atoms in total. The molecule has 2 fully saturated rings. The zero-order valence-electron chi connectivity index (χ0n) is 8.70. The lowest BCUT2D eigenvalue weighted by atomic mass is 9.77. The Balaban J connectivity index is 1.95. The number of carbonyl (C=O) groups excluding carboxylic acids is 1. The Kier molecular flexibility index (Phi) is 2.77. The Bertz CT molecular complexity index is 229. The molecule has 2 N–H and O–H groups in total. The smallest absolute Gasteiger partial charge is 0.217 e. The van der Waals surface area contributed by atoms with Crippen molar-refractivity contribution in [2.45, 2.75) is 51.2 Å². The summed E-state index contributed by atoms with van der Waals surface area (Å²) >= 11 is 0. The molecule has 0 saturated heterocycles. The lowest BCUT2D eigenvalue weighted by Gasteiger charge is -2.36. The molecular formula is C11H19NO2. The molecule has 0 bridgehead atoms. The van der Waals surface area contributed by atoms with Gasteiger partial charge in [-0.25, -0.2) is 0 Å². The standard InChI is InChI=1S/C11H19NO2/c1-7(13)12-10-5-8-3-2-4-9(8)6-11(10)14/h8-11,14H,2-6H2,1H3,(H,12,13). The minimum atomic E-state index is -0.321. The van der Waals surface area contributed by atoms with Gasteiger partial charge in [0.25, 0.3) is 0 Å². The van der Waals surface area contributed by atoms with Crippen molar-refractivity contribution in [3.8, 4) is 0 Å². The van der Waals surface area contributed by atoms with Gasteiger partial charge >= 0.3 is 0 Å². The van der Waals surface area contributed by atoms with Crippen LogP contribution < -0.4 is 5.32 Å². The predicted octanol–water partition coefficient (Wildman–Crippen LogP) is 1.06. The van der Waals surface area contributed by atoms with E-state index in [1.165, 1.54) is 26.2 Å². The number of aliphatic hydroxyl groups is 1. The number of hydrogen-bond acceptors (Lipinski definition) is 2. The molecule has 2 rings (SSSR count). The van der Waals surface area contributed by atoms with Crippen LogP contribution in [0.1, 0.15) is 39.0 Å². The van der Waals surface area contributed by atoms with Gasteiger partial charge in [-0.05, 0) is 24.7 Å². The second-order valence-electron chi connectivity index (χ2n) is 4.80. The van der Waals surface area contributed by atoms with Crippen LogP contribution in [0.15, 0.2) is 0 Å². The summed E-state index contributed by atoms with van der Waals surface area (Å²) in [5, 5.41) is 12.7. The van der Waals surface area contributed by atoms with Crippen LogP contribution in [0.4, 0.5) is 0 Å². The van der Waals surface area contributed by atoms with Gasteiger partial charge < -0.3 is 10.4 Å². The van der Waals surface area contributed by atoms with Crippen molar-refractivity contribution >= 4 is 5.91 Å². The monoisotopic (exact) mass is 197 g/mol. The van der Waals surface area contributed by atoms with Crippen LogP contribution in [0.5, 0.6) is 0 Å². The first-order chi connectivity index (χ1) is 6.66. The molecule has 2 aliphatic rings. The maximum absolute atomic E-state index is 10.9. The number of aliphatic hydroxyl groups excluding tert-OH is 1. The largest absolute Gasteiger partial charge is 0.391 e. The van der Waals surface area contributed by atoms with Crippen molar-refractivity contribution in [3.05, 3.63) is 0 Å². The van der Waals surface area contributed by atoms with Crippen LogP contribution in [0.25, 0.3) is 0 Å². The first-order valence-corrected chi connectivity index (χ1v) is 5.62. The van der Waals surface area contributed by atoms with E-state index in [1.807, 2.05) is 0 Å². The molecule has 0 aliphatic heterocycles. The van der Waals surface area contributed by atoms with E-state index in [0.29, 0.717) is 0 Å². The van der Waals surface area contributed by atoms with Crippen molar-refractivity contribution in [3.63, 3.8) is 0 Å². The fourth-order valence-electron chi connectivity index (χ4n) is 3.11. The van der Waals surface area contributed by atoms with Crippen LogP contribution in [-0.4, -0.2) is 23.2 Å². The third kappa shape index (κ3) is 1.92. The average molecular weight is 197 g/mol. The zero-order valence-corrected chi connectivity index (χ0v) is 8.70. The van der Waals surface area contributed by atoms with Gasteiger partial charge in [-0.15, -0.1) is 0 Å². The van der Waals surface area contributed by atoms with E-state index < -0.39 is 0 Å². The minimum absolute atomic E-state index is 0.00634. The first-order valence-electron chi connectivity index (χ1n) is 5.62. The maximum Gasteiger partial charge on any atom is 0.217 e. The van der Waals surface area contributed by atoms with Crippen LogP contribution in [0.2, 0.25) is 0 Å². The number of hydrogen-bond donors (Lipinski definition) is 2. The van der Waals surface area contributed by atoms with Crippen LogP contribution in [0, 0.1) is 11.8 Å². The van der Waals surface area contributed by atoms with Crippen molar-refractivity contribution in [2.75, 3.05) is 0 Å². The summed E-state index contributed by atoms with van der Waals surface area (Å²) in [6, 6.07) is 0.00634. The molecule has 0 aromatic carbocycles. The highest BCUT2D eigenvalue weighted by Crippen LogP contribution is 2.42. The van der Waals surface area contributed by atoms with Gasteiger partial charge in [0.2, 0.25) is 5.91 Å². The first kappa shape index (κ1) is 9.97. The van der Waals surface area contributed by atoms with E-state index in [1.54, 1.807) is 0 Å². The van der Waals surface area contributed by atoms with Gasteiger partial charge in [0.1, 0.15) is 0 Å².